The van der Waals surface area contributed by atoms with Crippen LogP contribution in [0.4, 0.5) is 4.79 Å². The Balaban J connectivity index is 2.11. The van der Waals surface area contributed by atoms with Gasteiger partial charge in [-0.1, -0.05) is 32.0 Å². The topological polar surface area (TPSA) is 78.4 Å². The number of phenols is 1. The number of Topliss-reactive ketones (excluding diaryl/α,β-unsaturated/α-hetero) is 1. The van der Waals surface area contributed by atoms with E-state index in [-0.39, 0.29) is 23.0 Å². The first kappa shape index (κ1) is 13.7. The van der Waals surface area contributed by atoms with Gasteiger partial charge in [0.2, 0.25) is 0 Å². The molecule has 21 heavy (non-hydrogen) atoms. The van der Waals surface area contributed by atoms with Crippen LogP contribution in [0.15, 0.2) is 35.5 Å². The maximum absolute atomic E-state index is 12.5. The zero-order valence-electron chi connectivity index (χ0n) is 12.1. The predicted molar refractivity (Wildman–Crippen MR) is 77.6 cm³/mol. The zero-order valence-corrected chi connectivity index (χ0v) is 12.1. The molecule has 2 amide bonds. The van der Waals surface area contributed by atoms with Crippen molar-refractivity contribution in [3.8, 4) is 5.75 Å². The maximum atomic E-state index is 12.5. The molecule has 1 aliphatic carbocycles. The zero-order chi connectivity index (χ0) is 15.2. The summed E-state index contributed by atoms with van der Waals surface area (Å²) in [7, 11) is 0. The van der Waals surface area contributed by atoms with E-state index in [0.717, 1.165) is 0 Å². The SMILES string of the molecule is CC1(C)CC(=O)C2=C(C1)NC(=O)NC2c1ccccc1O. The maximum Gasteiger partial charge on any atom is 0.319 e. The molecule has 0 fully saturated rings. The fraction of sp³-hybridized carbons (Fsp3) is 0.375. The molecular weight excluding hydrogens is 268 g/mol. The monoisotopic (exact) mass is 286 g/mol. The van der Waals surface area contributed by atoms with E-state index in [4.69, 9.17) is 0 Å². The van der Waals surface area contributed by atoms with Gasteiger partial charge in [0.25, 0.3) is 0 Å². The van der Waals surface area contributed by atoms with Gasteiger partial charge in [0, 0.05) is 23.3 Å². The molecule has 0 radical (unpaired) electrons. The quantitative estimate of drug-likeness (QED) is 0.741. The van der Waals surface area contributed by atoms with Gasteiger partial charge < -0.3 is 15.7 Å². The van der Waals surface area contributed by atoms with Gasteiger partial charge in [-0.2, -0.15) is 0 Å². The summed E-state index contributed by atoms with van der Waals surface area (Å²) >= 11 is 0. The molecule has 3 rings (SSSR count). The molecule has 1 unspecified atom stereocenters. The smallest absolute Gasteiger partial charge is 0.319 e. The molecular formula is C16H18N2O3. The summed E-state index contributed by atoms with van der Waals surface area (Å²) < 4.78 is 0. The number of allylic oxidation sites excluding steroid dienone is 1. The Bertz CT molecular complexity index is 661. The highest BCUT2D eigenvalue weighted by Gasteiger charge is 2.40. The van der Waals surface area contributed by atoms with E-state index in [1.54, 1.807) is 24.3 Å². The number of aromatic hydroxyl groups is 1. The summed E-state index contributed by atoms with van der Waals surface area (Å²) in [5.74, 6) is 0.0937. The van der Waals surface area contributed by atoms with Crippen LogP contribution in [0.1, 0.15) is 38.3 Å². The van der Waals surface area contributed by atoms with Gasteiger partial charge in [0.1, 0.15) is 5.75 Å². The highest BCUT2D eigenvalue weighted by Crippen LogP contribution is 2.42. The number of benzene rings is 1. The van der Waals surface area contributed by atoms with Crippen molar-refractivity contribution in [3.63, 3.8) is 0 Å². The Hall–Kier alpha value is -2.30. The molecule has 1 aromatic rings. The summed E-state index contributed by atoms with van der Waals surface area (Å²) in [5, 5.41) is 15.5. The number of nitrogens with one attached hydrogen (secondary N) is 2. The van der Waals surface area contributed by atoms with Crippen LogP contribution in [-0.4, -0.2) is 16.9 Å². The van der Waals surface area contributed by atoms with Gasteiger partial charge in [-0.05, 0) is 17.9 Å². The lowest BCUT2D eigenvalue weighted by molar-refractivity contribution is -0.118. The first-order chi connectivity index (χ1) is 9.87. The number of carbonyl (C=O) groups is 2. The summed E-state index contributed by atoms with van der Waals surface area (Å²) in [6.45, 7) is 4.02. The molecule has 110 valence electrons. The van der Waals surface area contributed by atoms with Crippen molar-refractivity contribution < 1.29 is 14.7 Å². The molecule has 0 bridgehead atoms. The highest BCUT2D eigenvalue weighted by atomic mass is 16.3. The van der Waals surface area contributed by atoms with Gasteiger partial charge in [-0.3, -0.25) is 4.79 Å². The van der Waals surface area contributed by atoms with Gasteiger partial charge in [-0.15, -0.1) is 0 Å². The van der Waals surface area contributed by atoms with E-state index in [1.165, 1.54) is 0 Å². The number of amides is 2. The van der Waals surface area contributed by atoms with Crippen molar-refractivity contribution >= 4 is 11.8 Å². The molecule has 5 nitrogen and oxygen atoms in total. The van der Waals surface area contributed by atoms with Gasteiger partial charge >= 0.3 is 6.03 Å². The third kappa shape index (κ3) is 2.39. The normalized spacial score (nSPS) is 24.2. The summed E-state index contributed by atoms with van der Waals surface area (Å²) in [5.41, 5.74) is 1.63. The van der Waals surface area contributed by atoms with Gasteiger partial charge in [0.15, 0.2) is 5.78 Å². The first-order valence-corrected chi connectivity index (χ1v) is 6.99. The lowest BCUT2D eigenvalue weighted by Gasteiger charge is -2.38. The number of hydrogen-bond acceptors (Lipinski definition) is 3. The van der Waals surface area contributed by atoms with E-state index in [0.29, 0.717) is 29.7 Å². The van der Waals surface area contributed by atoms with Crippen LogP contribution in [0.3, 0.4) is 0 Å². The minimum Gasteiger partial charge on any atom is -0.508 e. The Kier molecular flexibility index (Phi) is 3.01. The molecule has 0 spiro atoms. The summed E-state index contributed by atoms with van der Waals surface area (Å²) in [4.78, 5) is 24.4. The second-order valence-corrected chi connectivity index (χ2v) is 6.42. The first-order valence-electron chi connectivity index (χ1n) is 6.99. The Morgan fingerprint density at radius 3 is 2.62 bits per heavy atom. The van der Waals surface area contributed by atoms with E-state index >= 15 is 0 Å². The van der Waals surface area contributed by atoms with Crippen molar-refractivity contribution in [1.29, 1.82) is 0 Å². The molecule has 0 saturated carbocycles. The Morgan fingerprint density at radius 1 is 1.19 bits per heavy atom. The van der Waals surface area contributed by atoms with Crippen LogP contribution < -0.4 is 10.6 Å². The second-order valence-electron chi connectivity index (χ2n) is 6.42. The average molecular weight is 286 g/mol. The van der Waals surface area contributed by atoms with E-state index < -0.39 is 6.04 Å². The van der Waals surface area contributed by atoms with E-state index in [2.05, 4.69) is 10.6 Å². The lowest BCUT2D eigenvalue weighted by atomic mass is 9.73. The Labute approximate surface area is 123 Å². The van der Waals surface area contributed by atoms with Crippen molar-refractivity contribution in [2.75, 3.05) is 0 Å². The van der Waals surface area contributed by atoms with Crippen LogP contribution in [-0.2, 0) is 4.79 Å². The van der Waals surface area contributed by atoms with Crippen molar-refractivity contribution in [3.05, 3.63) is 41.1 Å². The number of urea groups is 1. The van der Waals surface area contributed by atoms with Crippen LogP contribution in [0.5, 0.6) is 5.75 Å². The fourth-order valence-corrected chi connectivity index (χ4v) is 3.12. The standard InChI is InChI=1S/C16H18N2O3/c1-16(2)7-10-13(12(20)8-16)14(18-15(21)17-10)9-5-3-4-6-11(9)19/h3-6,14,19H,7-8H2,1-2H3,(H2,17,18,21). The summed E-state index contributed by atoms with van der Waals surface area (Å²) in [6, 6.07) is 5.85. The van der Waals surface area contributed by atoms with Crippen molar-refractivity contribution in [1.82, 2.24) is 10.6 Å². The van der Waals surface area contributed by atoms with Crippen LogP contribution in [0.2, 0.25) is 0 Å². The predicted octanol–water partition coefficient (Wildman–Crippen LogP) is 2.39. The molecule has 0 aromatic heterocycles. The summed E-state index contributed by atoms with van der Waals surface area (Å²) in [6.07, 6.45) is 1.08. The second kappa shape index (κ2) is 4.62. The molecule has 5 heteroatoms. The molecule has 3 N–H and O–H groups in total. The van der Waals surface area contributed by atoms with E-state index in [9.17, 15) is 14.7 Å². The molecule has 2 aliphatic rings. The largest absolute Gasteiger partial charge is 0.508 e. The van der Waals surface area contributed by atoms with Gasteiger partial charge in [0.05, 0.1) is 6.04 Å². The fourth-order valence-electron chi connectivity index (χ4n) is 3.12. The molecule has 1 aliphatic heterocycles. The third-order valence-corrected chi connectivity index (χ3v) is 4.00. The van der Waals surface area contributed by atoms with Crippen molar-refractivity contribution in [2.45, 2.75) is 32.7 Å². The van der Waals surface area contributed by atoms with Gasteiger partial charge in [-0.25, -0.2) is 4.79 Å². The number of carbonyl (C=O) groups excluding carboxylic acids is 2. The van der Waals surface area contributed by atoms with Crippen LogP contribution in [0.25, 0.3) is 0 Å². The molecule has 1 heterocycles. The third-order valence-electron chi connectivity index (χ3n) is 4.00. The average Bonchev–Trinajstić information content (AvgIpc) is 2.36. The Morgan fingerprint density at radius 2 is 1.90 bits per heavy atom. The molecule has 0 saturated heterocycles. The lowest BCUT2D eigenvalue weighted by Crippen LogP contribution is -2.48. The minimum atomic E-state index is -0.585. The van der Waals surface area contributed by atoms with Crippen molar-refractivity contribution in [2.24, 2.45) is 5.41 Å². The molecule has 1 aromatic carbocycles. The van der Waals surface area contributed by atoms with Crippen LogP contribution >= 0.6 is 0 Å². The van der Waals surface area contributed by atoms with E-state index in [1.807, 2.05) is 13.8 Å². The number of ketones is 1. The number of rotatable bonds is 1. The number of phenolic OH excluding ortho intramolecular Hbond substituents is 1. The number of hydrogen-bond donors (Lipinski definition) is 3. The molecule has 1 atom stereocenters. The van der Waals surface area contributed by atoms with Crippen LogP contribution in [0, 0.1) is 5.41 Å². The highest BCUT2D eigenvalue weighted by molar-refractivity contribution is 6.01. The minimum absolute atomic E-state index is 0.0157. The number of para-hydroxylation sites is 1.